The summed E-state index contributed by atoms with van der Waals surface area (Å²) in [6.45, 7) is 4.18. The number of rotatable bonds is 5. The van der Waals surface area contributed by atoms with E-state index in [1.807, 2.05) is 24.1 Å². The summed E-state index contributed by atoms with van der Waals surface area (Å²) in [5.41, 5.74) is 0.655. The molecule has 1 spiro atoms. The van der Waals surface area contributed by atoms with Crippen molar-refractivity contribution in [2.45, 2.75) is 37.6 Å². The lowest BCUT2D eigenvalue weighted by molar-refractivity contribution is -0.153. The fraction of sp³-hybridized carbons (Fsp3) is 0.611. The lowest BCUT2D eigenvalue weighted by Crippen LogP contribution is -2.47. The van der Waals surface area contributed by atoms with Gasteiger partial charge in [-0.3, -0.25) is 4.79 Å². The third kappa shape index (κ3) is 3.27. The first-order valence-corrected chi connectivity index (χ1v) is 8.51. The second-order valence-corrected chi connectivity index (χ2v) is 6.39. The van der Waals surface area contributed by atoms with Crippen LogP contribution in [0.3, 0.4) is 0 Å². The summed E-state index contributed by atoms with van der Waals surface area (Å²) in [6.07, 6.45) is 1.47. The molecule has 6 nitrogen and oxygen atoms in total. The summed E-state index contributed by atoms with van der Waals surface area (Å²) < 4.78 is 16.9. The summed E-state index contributed by atoms with van der Waals surface area (Å²) >= 11 is 0. The number of likely N-dealkylation sites (N-methyl/N-ethyl adjacent to an activating group) is 2. The molecule has 1 heterocycles. The van der Waals surface area contributed by atoms with Crippen molar-refractivity contribution in [1.29, 1.82) is 0 Å². The van der Waals surface area contributed by atoms with E-state index in [1.165, 1.54) is 0 Å². The first-order chi connectivity index (χ1) is 11.6. The van der Waals surface area contributed by atoms with E-state index in [4.69, 9.17) is 14.2 Å². The first-order valence-electron chi connectivity index (χ1n) is 8.51. The van der Waals surface area contributed by atoms with Gasteiger partial charge in [-0.05, 0) is 30.8 Å². The zero-order chi connectivity index (χ0) is 17.2. The quantitative estimate of drug-likeness (QED) is 0.887. The number of hydrogen-bond donors (Lipinski definition) is 1. The number of nitrogens with one attached hydrogen (secondary N) is 1. The minimum atomic E-state index is -0.536. The Morgan fingerprint density at radius 3 is 2.54 bits per heavy atom. The molecule has 1 N–H and O–H groups in total. The Morgan fingerprint density at radius 1 is 1.29 bits per heavy atom. The van der Waals surface area contributed by atoms with Gasteiger partial charge in [-0.25, -0.2) is 0 Å². The Balaban J connectivity index is 1.75. The van der Waals surface area contributed by atoms with Crippen LogP contribution in [0.1, 0.15) is 30.1 Å². The van der Waals surface area contributed by atoms with Crippen molar-refractivity contribution in [2.24, 2.45) is 0 Å². The van der Waals surface area contributed by atoms with Crippen LogP contribution < -0.4 is 10.1 Å². The zero-order valence-corrected chi connectivity index (χ0v) is 14.6. The molecule has 1 aromatic carbocycles. The Morgan fingerprint density at radius 2 is 1.96 bits per heavy atom. The molecule has 0 radical (unpaired) electrons. The first kappa shape index (κ1) is 17.2. The molecule has 132 valence electrons. The summed E-state index contributed by atoms with van der Waals surface area (Å²) in [4.78, 5) is 14.7. The Kier molecular flexibility index (Phi) is 5.08. The summed E-state index contributed by atoms with van der Waals surface area (Å²) in [5, 5.41) is 3.48. The monoisotopic (exact) mass is 334 g/mol. The van der Waals surface area contributed by atoms with E-state index in [2.05, 4.69) is 12.2 Å². The van der Waals surface area contributed by atoms with Crippen molar-refractivity contribution >= 4 is 5.91 Å². The maximum absolute atomic E-state index is 12.9. The highest BCUT2D eigenvalue weighted by Crippen LogP contribution is 2.39. The summed E-state index contributed by atoms with van der Waals surface area (Å²) in [5.74, 6) is 0.208. The molecule has 3 rings (SSSR count). The molecule has 2 unspecified atom stereocenters. The molecule has 1 saturated carbocycles. The van der Waals surface area contributed by atoms with E-state index >= 15 is 0 Å². The number of benzene rings is 1. The van der Waals surface area contributed by atoms with Crippen molar-refractivity contribution in [3.63, 3.8) is 0 Å². The number of ether oxygens (including phenoxy) is 3. The number of nitrogens with zero attached hydrogens (tertiary/aromatic N) is 1. The molecule has 1 amide bonds. The largest absolute Gasteiger partial charge is 0.497 e. The minimum absolute atomic E-state index is 0.000558. The highest BCUT2D eigenvalue weighted by molar-refractivity contribution is 5.94. The van der Waals surface area contributed by atoms with Crippen molar-refractivity contribution in [2.75, 3.05) is 33.9 Å². The molecule has 0 bridgehead atoms. The van der Waals surface area contributed by atoms with Gasteiger partial charge >= 0.3 is 0 Å². The normalized spacial score (nSPS) is 25.1. The van der Waals surface area contributed by atoms with E-state index in [-0.39, 0.29) is 18.0 Å². The predicted octanol–water partition coefficient (Wildman–Crippen LogP) is 1.65. The van der Waals surface area contributed by atoms with Crippen LogP contribution in [0.25, 0.3) is 0 Å². The van der Waals surface area contributed by atoms with Gasteiger partial charge in [0.2, 0.25) is 0 Å². The number of carbonyl (C=O) groups is 1. The fourth-order valence-electron chi connectivity index (χ4n) is 3.71. The van der Waals surface area contributed by atoms with E-state index in [0.29, 0.717) is 25.2 Å². The van der Waals surface area contributed by atoms with Gasteiger partial charge in [-0.15, -0.1) is 0 Å². The molecule has 2 fully saturated rings. The van der Waals surface area contributed by atoms with Crippen LogP contribution in [0.15, 0.2) is 24.3 Å². The van der Waals surface area contributed by atoms with Gasteiger partial charge in [-0.2, -0.15) is 0 Å². The summed E-state index contributed by atoms with van der Waals surface area (Å²) in [7, 11) is 3.47. The molecule has 2 aliphatic rings. The molecular formula is C18H26N2O4. The van der Waals surface area contributed by atoms with Gasteiger partial charge in [0.1, 0.15) is 5.75 Å². The van der Waals surface area contributed by atoms with Gasteiger partial charge in [0.25, 0.3) is 5.91 Å². The number of amides is 1. The standard InChI is InChI=1S/C18H26N2O4/c1-4-19-15-11-18(23-9-10-24-18)12-16(15)20(2)17(21)13-5-7-14(22-3)8-6-13/h5-8,15-16,19H,4,9-12H2,1-3H3. The van der Waals surface area contributed by atoms with Crippen LogP contribution in [0.2, 0.25) is 0 Å². The van der Waals surface area contributed by atoms with Crippen LogP contribution in [-0.2, 0) is 9.47 Å². The van der Waals surface area contributed by atoms with Gasteiger partial charge in [0, 0.05) is 31.5 Å². The Bertz CT molecular complexity index is 569. The van der Waals surface area contributed by atoms with E-state index < -0.39 is 5.79 Å². The van der Waals surface area contributed by atoms with Crippen molar-refractivity contribution in [1.82, 2.24) is 10.2 Å². The molecule has 2 atom stereocenters. The Labute approximate surface area is 143 Å². The van der Waals surface area contributed by atoms with Crippen LogP contribution in [0.5, 0.6) is 5.75 Å². The lowest BCUT2D eigenvalue weighted by atomic mass is 10.1. The third-order valence-corrected chi connectivity index (χ3v) is 4.95. The van der Waals surface area contributed by atoms with E-state index in [1.54, 1.807) is 19.2 Å². The van der Waals surface area contributed by atoms with Gasteiger partial charge in [-0.1, -0.05) is 6.92 Å². The molecule has 1 aliphatic carbocycles. The smallest absolute Gasteiger partial charge is 0.253 e. The van der Waals surface area contributed by atoms with E-state index in [9.17, 15) is 4.79 Å². The number of carbonyl (C=O) groups excluding carboxylic acids is 1. The van der Waals surface area contributed by atoms with Crippen LogP contribution in [0, 0.1) is 0 Å². The van der Waals surface area contributed by atoms with Crippen LogP contribution in [0.4, 0.5) is 0 Å². The van der Waals surface area contributed by atoms with Crippen molar-refractivity contribution < 1.29 is 19.0 Å². The fourth-order valence-corrected chi connectivity index (χ4v) is 3.71. The second-order valence-electron chi connectivity index (χ2n) is 6.39. The third-order valence-electron chi connectivity index (χ3n) is 4.95. The van der Waals surface area contributed by atoms with Crippen molar-refractivity contribution in [3.8, 4) is 5.75 Å². The topological polar surface area (TPSA) is 60.0 Å². The minimum Gasteiger partial charge on any atom is -0.497 e. The van der Waals surface area contributed by atoms with Gasteiger partial charge in [0.15, 0.2) is 5.79 Å². The van der Waals surface area contributed by atoms with Crippen molar-refractivity contribution in [3.05, 3.63) is 29.8 Å². The SMILES string of the molecule is CCNC1CC2(CC1N(C)C(=O)c1ccc(OC)cc1)OCCO2. The zero-order valence-electron chi connectivity index (χ0n) is 14.6. The predicted molar refractivity (Wildman–Crippen MR) is 90.2 cm³/mol. The highest BCUT2D eigenvalue weighted by Gasteiger charge is 2.51. The summed E-state index contributed by atoms with van der Waals surface area (Å²) in [6, 6.07) is 7.42. The highest BCUT2D eigenvalue weighted by atomic mass is 16.7. The average molecular weight is 334 g/mol. The maximum Gasteiger partial charge on any atom is 0.253 e. The molecule has 1 aromatic rings. The Hall–Kier alpha value is -1.63. The molecule has 24 heavy (non-hydrogen) atoms. The molecular weight excluding hydrogens is 308 g/mol. The van der Waals surface area contributed by atoms with Crippen LogP contribution in [-0.4, -0.2) is 62.6 Å². The molecule has 0 aromatic heterocycles. The number of methoxy groups -OCH3 is 1. The molecule has 1 saturated heterocycles. The second kappa shape index (κ2) is 7.09. The lowest BCUT2D eigenvalue weighted by Gasteiger charge is -2.30. The maximum atomic E-state index is 12.9. The van der Waals surface area contributed by atoms with Gasteiger partial charge in [0.05, 0.1) is 26.4 Å². The van der Waals surface area contributed by atoms with Crippen LogP contribution >= 0.6 is 0 Å². The van der Waals surface area contributed by atoms with Gasteiger partial charge < -0.3 is 24.4 Å². The van der Waals surface area contributed by atoms with E-state index in [0.717, 1.165) is 18.7 Å². The molecule has 1 aliphatic heterocycles. The average Bonchev–Trinajstić information content (AvgIpc) is 3.21. The molecule has 6 heteroatoms. The number of hydrogen-bond acceptors (Lipinski definition) is 5.